The van der Waals surface area contributed by atoms with Crippen LogP contribution in [0.4, 0.5) is 5.69 Å². The van der Waals surface area contributed by atoms with E-state index in [0.29, 0.717) is 6.42 Å². The first-order valence-electron chi connectivity index (χ1n) is 11.9. The van der Waals surface area contributed by atoms with Gasteiger partial charge in [-0.2, -0.15) is 5.10 Å². The fourth-order valence-corrected chi connectivity index (χ4v) is 3.97. The maximum absolute atomic E-state index is 13.1. The van der Waals surface area contributed by atoms with Gasteiger partial charge >= 0.3 is 0 Å². The molecule has 1 atom stereocenters. The molecule has 0 saturated carbocycles. The van der Waals surface area contributed by atoms with Gasteiger partial charge in [-0.15, -0.1) is 0 Å². The number of carbonyl (C=O) groups excluding carboxylic acids is 2. The highest BCUT2D eigenvalue weighted by atomic mass is 16.2. The number of para-hydroxylation sites is 1. The molecular weight excluding hydrogens is 450 g/mol. The molecule has 36 heavy (non-hydrogen) atoms. The van der Waals surface area contributed by atoms with Crippen LogP contribution in [0.15, 0.2) is 84.1 Å². The minimum atomic E-state index is -0.782. The Bertz CT molecular complexity index is 1350. The minimum absolute atomic E-state index is 0.194. The molecule has 0 unspecified atom stereocenters. The number of fused-ring (bicyclic) bond motifs is 1. The van der Waals surface area contributed by atoms with Gasteiger partial charge in [0.25, 0.3) is 5.91 Å². The third-order valence-electron chi connectivity index (χ3n) is 6.03. The van der Waals surface area contributed by atoms with E-state index in [9.17, 15) is 9.59 Å². The third kappa shape index (κ3) is 6.39. The maximum atomic E-state index is 13.1. The van der Waals surface area contributed by atoms with Crippen molar-refractivity contribution in [3.8, 4) is 0 Å². The van der Waals surface area contributed by atoms with E-state index in [-0.39, 0.29) is 18.2 Å². The minimum Gasteiger partial charge on any atom is -0.378 e. The second kappa shape index (κ2) is 11.4. The van der Waals surface area contributed by atoms with Crippen molar-refractivity contribution >= 4 is 34.6 Å². The lowest BCUT2D eigenvalue weighted by Crippen LogP contribution is -2.47. The van der Waals surface area contributed by atoms with Gasteiger partial charge in [0.1, 0.15) is 6.04 Å². The zero-order chi connectivity index (χ0) is 25.5. The molecule has 4 rings (SSSR count). The molecule has 1 heterocycles. The summed E-state index contributed by atoms with van der Waals surface area (Å²) in [7, 11) is 3.95. The molecule has 3 aromatic carbocycles. The molecule has 184 valence electrons. The maximum Gasteiger partial charge on any atom is 0.262 e. The molecule has 0 spiro atoms. The second-order valence-corrected chi connectivity index (χ2v) is 9.07. The highest BCUT2D eigenvalue weighted by Crippen LogP contribution is 2.19. The van der Waals surface area contributed by atoms with Crippen LogP contribution in [0.3, 0.4) is 0 Å². The highest BCUT2D eigenvalue weighted by molar-refractivity contribution is 5.91. The lowest BCUT2D eigenvalue weighted by atomic mass is 10.0. The van der Waals surface area contributed by atoms with Crippen molar-refractivity contribution in [1.29, 1.82) is 0 Å². The average molecular weight is 482 g/mol. The van der Waals surface area contributed by atoms with Crippen LogP contribution in [0.2, 0.25) is 0 Å². The zero-order valence-corrected chi connectivity index (χ0v) is 20.8. The van der Waals surface area contributed by atoms with Gasteiger partial charge in [-0.05, 0) is 41.8 Å². The standard InChI is InChI=1S/C29H31N5O2/c1-20-8-10-21(11-9-20)16-28(35)32-27(17-23-19-30-26-7-5-4-6-25(23)26)29(36)33-31-18-22-12-14-24(15-13-22)34(2)3/h4-15,18-19,27,30H,16-17H2,1-3H3,(H,32,35)(H,33,36)/b31-18+/t27-/m1/s1. The van der Waals surface area contributed by atoms with E-state index in [1.165, 1.54) is 0 Å². The Kier molecular flexibility index (Phi) is 7.80. The number of hydrazone groups is 1. The molecule has 0 aliphatic carbocycles. The van der Waals surface area contributed by atoms with Gasteiger partial charge in [-0.1, -0.05) is 60.2 Å². The number of carbonyl (C=O) groups is 2. The first-order chi connectivity index (χ1) is 17.4. The van der Waals surface area contributed by atoms with Gasteiger partial charge in [0, 0.05) is 43.3 Å². The summed E-state index contributed by atoms with van der Waals surface area (Å²) in [4.78, 5) is 31.2. The van der Waals surface area contributed by atoms with E-state index in [0.717, 1.165) is 38.8 Å². The van der Waals surface area contributed by atoms with Crippen molar-refractivity contribution in [2.24, 2.45) is 5.10 Å². The van der Waals surface area contributed by atoms with E-state index >= 15 is 0 Å². The molecular formula is C29H31N5O2. The molecule has 0 saturated heterocycles. The van der Waals surface area contributed by atoms with E-state index < -0.39 is 6.04 Å². The van der Waals surface area contributed by atoms with Crippen molar-refractivity contribution in [3.63, 3.8) is 0 Å². The van der Waals surface area contributed by atoms with Crippen molar-refractivity contribution in [3.05, 3.63) is 101 Å². The molecule has 2 amide bonds. The Morgan fingerprint density at radius 2 is 1.72 bits per heavy atom. The van der Waals surface area contributed by atoms with Crippen LogP contribution in [0.25, 0.3) is 10.9 Å². The summed E-state index contributed by atoms with van der Waals surface area (Å²) in [5, 5.41) is 8.06. The molecule has 7 nitrogen and oxygen atoms in total. The largest absolute Gasteiger partial charge is 0.378 e. The van der Waals surface area contributed by atoms with Crippen molar-refractivity contribution in [2.45, 2.75) is 25.8 Å². The highest BCUT2D eigenvalue weighted by Gasteiger charge is 2.22. The van der Waals surface area contributed by atoms with Crippen LogP contribution in [0, 0.1) is 6.92 Å². The molecule has 0 radical (unpaired) electrons. The number of anilines is 1. The number of nitrogens with one attached hydrogen (secondary N) is 3. The van der Waals surface area contributed by atoms with E-state index in [1.807, 2.05) is 105 Å². The van der Waals surface area contributed by atoms with Crippen LogP contribution in [0.5, 0.6) is 0 Å². The number of hydrogen-bond donors (Lipinski definition) is 3. The predicted octanol–water partition coefficient (Wildman–Crippen LogP) is 3.96. The topological polar surface area (TPSA) is 89.6 Å². The fraction of sp³-hybridized carbons (Fsp3) is 0.207. The van der Waals surface area contributed by atoms with Crippen molar-refractivity contribution < 1.29 is 9.59 Å². The van der Waals surface area contributed by atoms with Crippen LogP contribution >= 0.6 is 0 Å². The van der Waals surface area contributed by atoms with Gasteiger partial charge in [0.2, 0.25) is 5.91 Å². The summed E-state index contributed by atoms with van der Waals surface area (Å²) in [5.41, 5.74) is 8.49. The zero-order valence-electron chi connectivity index (χ0n) is 20.8. The average Bonchev–Trinajstić information content (AvgIpc) is 3.28. The monoisotopic (exact) mass is 481 g/mol. The van der Waals surface area contributed by atoms with Gasteiger partial charge in [-0.3, -0.25) is 9.59 Å². The van der Waals surface area contributed by atoms with Gasteiger partial charge in [0.05, 0.1) is 12.6 Å². The smallest absolute Gasteiger partial charge is 0.262 e. The molecule has 0 aliphatic rings. The molecule has 1 aromatic heterocycles. The second-order valence-electron chi connectivity index (χ2n) is 9.07. The van der Waals surface area contributed by atoms with E-state index in [1.54, 1.807) is 6.21 Å². The number of amides is 2. The quantitative estimate of drug-likeness (QED) is 0.250. The Labute approximate surface area is 211 Å². The Morgan fingerprint density at radius 1 is 1.00 bits per heavy atom. The molecule has 0 bridgehead atoms. The fourth-order valence-electron chi connectivity index (χ4n) is 3.97. The van der Waals surface area contributed by atoms with Gasteiger partial charge < -0.3 is 15.2 Å². The van der Waals surface area contributed by atoms with Crippen molar-refractivity contribution in [2.75, 3.05) is 19.0 Å². The summed E-state index contributed by atoms with van der Waals surface area (Å²) in [6.07, 6.45) is 4.00. The van der Waals surface area contributed by atoms with Crippen molar-refractivity contribution in [1.82, 2.24) is 15.7 Å². The Balaban J connectivity index is 1.47. The molecule has 3 N–H and O–H groups in total. The lowest BCUT2D eigenvalue weighted by molar-refractivity contribution is -0.128. The number of aryl methyl sites for hydroxylation is 1. The normalized spacial score (nSPS) is 12.0. The first-order valence-corrected chi connectivity index (χ1v) is 11.9. The summed E-state index contributed by atoms with van der Waals surface area (Å²) in [6, 6.07) is 22.7. The third-order valence-corrected chi connectivity index (χ3v) is 6.03. The molecule has 7 heteroatoms. The van der Waals surface area contributed by atoms with E-state index in [2.05, 4.69) is 20.8 Å². The number of aromatic nitrogens is 1. The number of H-pyrrole nitrogens is 1. The van der Waals surface area contributed by atoms with Gasteiger partial charge in [-0.25, -0.2) is 5.43 Å². The number of benzene rings is 3. The molecule has 0 fully saturated rings. The number of aromatic amines is 1. The lowest BCUT2D eigenvalue weighted by Gasteiger charge is -2.17. The molecule has 4 aromatic rings. The van der Waals surface area contributed by atoms with Crippen LogP contribution < -0.4 is 15.6 Å². The van der Waals surface area contributed by atoms with Gasteiger partial charge in [0.15, 0.2) is 0 Å². The van der Waals surface area contributed by atoms with Crippen LogP contribution in [0.1, 0.15) is 22.3 Å². The predicted molar refractivity (Wildman–Crippen MR) is 145 cm³/mol. The SMILES string of the molecule is Cc1ccc(CC(=O)N[C@H](Cc2c[nH]c3ccccc23)C(=O)N/N=C/c2ccc(N(C)C)cc2)cc1. The Hall–Kier alpha value is -4.39. The first kappa shape index (κ1) is 24.7. The summed E-state index contributed by atoms with van der Waals surface area (Å²) >= 11 is 0. The van der Waals surface area contributed by atoms with E-state index in [4.69, 9.17) is 0 Å². The number of nitrogens with zero attached hydrogens (tertiary/aromatic N) is 2. The Morgan fingerprint density at radius 3 is 2.44 bits per heavy atom. The molecule has 0 aliphatic heterocycles. The summed E-state index contributed by atoms with van der Waals surface area (Å²) in [5.74, 6) is -0.596. The van der Waals surface area contributed by atoms with Crippen LogP contribution in [-0.2, 0) is 22.4 Å². The summed E-state index contributed by atoms with van der Waals surface area (Å²) in [6.45, 7) is 2.00. The summed E-state index contributed by atoms with van der Waals surface area (Å²) < 4.78 is 0. The van der Waals surface area contributed by atoms with Crippen LogP contribution in [-0.4, -0.2) is 43.2 Å². The number of rotatable bonds is 9. The number of hydrogen-bond acceptors (Lipinski definition) is 4.